The third-order valence-electron chi connectivity index (χ3n) is 2.90. The van der Waals surface area contributed by atoms with Gasteiger partial charge in [0.25, 0.3) is 0 Å². The van der Waals surface area contributed by atoms with Gasteiger partial charge in [-0.15, -0.1) is 12.4 Å². The van der Waals surface area contributed by atoms with E-state index in [0.29, 0.717) is 11.3 Å². The van der Waals surface area contributed by atoms with E-state index in [0.717, 1.165) is 13.1 Å². The van der Waals surface area contributed by atoms with Crippen molar-refractivity contribution in [1.82, 2.24) is 9.80 Å². The summed E-state index contributed by atoms with van der Waals surface area (Å²) in [7, 11) is 4.13. The molecule has 1 fully saturated rings. The van der Waals surface area contributed by atoms with Gasteiger partial charge in [0.1, 0.15) is 0 Å². The zero-order valence-corrected chi connectivity index (χ0v) is 12.0. The van der Waals surface area contributed by atoms with Gasteiger partial charge in [-0.1, -0.05) is 0 Å². The monoisotopic (exact) mass is 267 g/mol. The third-order valence-corrected chi connectivity index (χ3v) is 3.97. The molecule has 0 aromatic carbocycles. The molecule has 0 aromatic heterocycles. The average molecular weight is 268 g/mol. The molecule has 2 N–H and O–H groups in total. The Balaban J connectivity index is 0.00000225. The Morgan fingerprint density at radius 3 is 2.38 bits per heavy atom. The molecule has 0 radical (unpaired) electrons. The van der Waals surface area contributed by atoms with Gasteiger partial charge in [0.05, 0.1) is 6.04 Å². The van der Waals surface area contributed by atoms with Crippen LogP contribution in [-0.2, 0) is 4.79 Å². The summed E-state index contributed by atoms with van der Waals surface area (Å²) < 4.78 is 0. The number of likely N-dealkylation sites (tertiary alicyclic amines) is 1. The highest BCUT2D eigenvalue weighted by Gasteiger charge is 2.36. The molecule has 0 bridgehead atoms. The van der Waals surface area contributed by atoms with Crippen LogP contribution in [0.3, 0.4) is 0 Å². The second-order valence-electron chi connectivity index (χ2n) is 4.34. The Bertz CT molecular complexity index is 238. The maximum atomic E-state index is 11.7. The Hall–Kier alpha value is 0.0300. The second-order valence-corrected chi connectivity index (χ2v) is 5.41. The highest BCUT2D eigenvalue weighted by atomic mass is 35.5. The van der Waals surface area contributed by atoms with Crippen LogP contribution < -0.4 is 5.73 Å². The van der Waals surface area contributed by atoms with Gasteiger partial charge in [-0.2, -0.15) is 11.8 Å². The number of hydrogen-bond acceptors (Lipinski definition) is 4. The van der Waals surface area contributed by atoms with E-state index in [1.807, 2.05) is 16.7 Å². The molecule has 1 aliphatic heterocycles. The van der Waals surface area contributed by atoms with Crippen molar-refractivity contribution in [3.8, 4) is 0 Å². The maximum absolute atomic E-state index is 11.7. The lowest BCUT2D eigenvalue weighted by molar-refractivity contribution is -0.131. The number of carbonyl (C=O) groups is 1. The predicted octanol–water partition coefficient (Wildman–Crippen LogP) is 0.259. The average Bonchev–Trinajstić information content (AvgIpc) is 2.59. The first-order valence-corrected chi connectivity index (χ1v) is 6.49. The van der Waals surface area contributed by atoms with Gasteiger partial charge in [0.2, 0.25) is 5.91 Å². The zero-order chi connectivity index (χ0) is 11.6. The van der Waals surface area contributed by atoms with E-state index in [2.05, 4.69) is 25.3 Å². The predicted molar refractivity (Wildman–Crippen MR) is 72.3 cm³/mol. The van der Waals surface area contributed by atoms with Crippen molar-refractivity contribution in [1.29, 1.82) is 0 Å². The minimum absolute atomic E-state index is 0. The summed E-state index contributed by atoms with van der Waals surface area (Å²) in [5.74, 6) is 0.0680. The fourth-order valence-corrected chi connectivity index (χ4v) is 2.92. The molecule has 3 atom stereocenters. The topological polar surface area (TPSA) is 49.6 Å². The van der Waals surface area contributed by atoms with Crippen LogP contribution in [0, 0.1) is 0 Å². The number of likely N-dealkylation sites (N-methyl/N-ethyl adjacent to an activating group) is 1. The second kappa shape index (κ2) is 6.69. The molecule has 4 nitrogen and oxygen atoms in total. The highest BCUT2D eigenvalue weighted by molar-refractivity contribution is 7.99. The van der Waals surface area contributed by atoms with E-state index in [1.54, 1.807) is 6.92 Å². The van der Waals surface area contributed by atoms with Crippen molar-refractivity contribution in [2.24, 2.45) is 5.73 Å². The van der Waals surface area contributed by atoms with Crippen molar-refractivity contribution in [2.45, 2.75) is 24.3 Å². The molecule has 1 rings (SSSR count). The third kappa shape index (κ3) is 3.52. The van der Waals surface area contributed by atoms with Crippen LogP contribution in [0.5, 0.6) is 0 Å². The van der Waals surface area contributed by atoms with Gasteiger partial charge < -0.3 is 15.5 Å². The Kier molecular flexibility index (Phi) is 6.70. The minimum Gasteiger partial charge on any atom is -0.339 e. The number of nitrogens with two attached hydrogens (primary N) is 1. The molecule has 96 valence electrons. The van der Waals surface area contributed by atoms with E-state index in [-0.39, 0.29) is 24.4 Å². The molecule has 3 unspecified atom stereocenters. The van der Waals surface area contributed by atoms with Gasteiger partial charge in [-0.3, -0.25) is 4.79 Å². The van der Waals surface area contributed by atoms with Crippen molar-refractivity contribution >= 4 is 30.1 Å². The first-order chi connectivity index (χ1) is 6.97. The number of halogens is 1. The van der Waals surface area contributed by atoms with E-state index in [9.17, 15) is 4.79 Å². The van der Waals surface area contributed by atoms with E-state index in [1.165, 1.54) is 0 Å². The number of amides is 1. The standard InChI is InChI=1S/C10H21N3OS.ClH/c1-7(11)10(14)13-5-8(12(2)3)9(6-13)15-4;/h7-9H,5-6,11H2,1-4H3;1H. The van der Waals surface area contributed by atoms with Crippen LogP contribution in [0.4, 0.5) is 0 Å². The van der Waals surface area contributed by atoms with Crippen molar-refractivity contribution in [3.63, 3.8) is 0 Å². The lowest BCUT2D eigenvalue weighted by atomic mass is 10.2. The summed E-state index contributed by atoms with van der Waals surface area (Å²) >= 11 is 1.83. The number of thioether (sulfide) groups is 1. The largest absolute Gasteiger partial charge is 0.339 e. The van der Waals surface area contributed by atoms with Crippen LogP contribution in [-0.4, -0.2) is 66.5 Å². The molecular formula is C10H22ClN3OS. The van der Waals surface area contributed by atoms with Crippen LogP contribution in [0.1, 0.15) is 6.92 Å². The molecule has 0 spiro atoms. The van der Waals surface area contributed by atoms with Gasteiger partial charge in [-0.05, 0) is 27.3 Å². The van der Waals surface area contributed by atoms with Gasteiger partial charge in [0, 0.05) is 24.4 Å². The van der Waals surface area contributed by atoms with Crippen LogP contribution in [0.25, 0.3) is 0 Å². The molecular weight excluding hydrogens is 246 g/mol. The number of rotatable bonds is 3. The van der Waals surface area contributed by atoms with E-state index < -0.39 is 0 Å². The molecule has 6 heteroatoms. The van der Waals surface area contributed by atoms with Gasteiger partial charge in [-0.25, -0.2) is 0 Å². The minimum atomic E-state index is -0.381. The van der Waals surface area contributed by atoms with Gasteiger partial charge >= 0.3 is 0 Å². The fraction of sp³-hybridized carbons (Fsp3) is 0.900. The molecule has 16 heavy (non-hydrogen) atoms. The SMILES string of the molecule is CSC1CN(C(=O)C(C)N)CC1N(C)C.Cl. The van der Waals surface area contributed by atoms with E-state index in [4.69, 9.17) is 5.73 Å². The first kappa shape index (κ1) is 16.0. The molecule has 1 amide bonds. The Labute approximate surface area is 108 Å². The van der Waals surface area contributed by atoms with Crippen molar-refractivity contribution in [3.05, 3.63) is 0 Å². The Morgan fingerprint density at radius 2 is 2.06 bits per heavy atom. The smallest absolute Gasteiger partial charge is 0.239 e. The molecule has 0 aromatic rings. The molecule has 1 saturated heterocycles. The summed E-state index contributed by atoms with van der Waals surface area (Å²) in [6.07, 6.45) is 2.10. The molecule has 1 heterocycles. The number of nitrogens with zero attached hydrogens (tertiary/aromatic N) is 2. The molecule has 0 saturated carbocycles. The van der Waals surface area contributed by atoms with Crippen LogP contribution in [0.2, 0.25) is 0 Å². The number of hydrogen-bond donors (Lipinski definition) is 1. The first-order valence-electron chi connectivity index (χ1n) is 5.21. The summed E-state index contributed by atoms with van der Waals surface area (Å²) in [5.41, 5.74) is 5.61. The highest BCUT2D eigenvalue weighted by Crippen LogP contribution is 2.24. The summed E-state index contributed by atoms with van der Waals surface area (Å²) in [5, 5.41) is 0.503. The molecule has 0 aliphatic carbocycles. The lowest BCUT2D eigenvalue weighted by Crippen LogP contribution is -2.42. The van der Waals surface area contributed by atoms with E-state index >= 15 is 0 Å². The maximum Gasteiger partial charge on any atom is 0.239 e. The van der Waals surface area contributed by atoms with Crippen molar-refractivity contribution < 1.29 is 4.79 Å². The van der Waals surface area contributed by atoms with Crippen molar-refractivity contribution in [2.75, 3.05) is 33.4 Å². The zero-order valence-electron chi connectivity index (χ0n) is 10.3. The van der Waals surface area contributed by atoms with Crippen LogP contribution >= 0.6 is 24.2 Å². The lowest BCUT2D eigenvalue weighted by Gasteiger charge is -2.23. The summed E-state index contributed by atoms with van der Waals surface area (Å²) in [6.45, 7) is 3.38. The van der Waals surface area contributed by atoms with Crippen LogP contribution in [0.15, 0.2) is 0 Å². The van der Waals surface area contributed by atoms with Gasteiger partial charge in [0.15, 0.2) is 0 Å². The quantitative estimate of drug-likeness (QED) is 0.797. The summed E-state index contributed by atoms with van der Waals surface area (Å²) in [4.78, 5) is 15.8. The Morgan fingerprint density at radius 1 is 1.50 bits per heavy atom. The fourth-order valence-electron chi connectivity index (χ4n) is 1.95. The molecule has 1 aliphatic rings. The number of carbonyl (C=O) groups excluding carboxylic acids is 1. The summed E-state index contributed by atoms with van der Waals surface area (Å²) in [6, 6.07) is 0.0659. The normalized spacial score (nSPS) is 26.8.